The van der Waals surface area contributed by atoms with Crippen LogP contribution in [0.15, 0.2) is 33.8 Å². The van der Waals surface area contributed by atoms with Crippen LogP contribution in [-0.4, -0.2) is 29.1 Å². The van der Waals surface area contributed by atoms with Crippen molar-refractivity contribution in [3.8, 4) is 5.75 Å². The predicted molar refractivity (Wildman–Crippen MR) is 92.7 cm³/mol. The van der Waals surface area contributed by atoms with Crippen LogP contribution < -0.4 is 0 Å². The van der Waals surface area contributed by atoms with Gasteiger partial charge in [-0.3, -0.25) is 0 Å². The van der Waals surface area contributed by atoms with Gasteiger partial charge in [0.15, 0.2) is 11.6 Å². The van der Waals surface area contributed by atoms with E-state index in [2.05, 4.69) is 4.99 Å². The lowest BCUT2D eigenvalue weighted by molar-refractivity contribution is -0.139. The molecule has 1 heterocycles. The summed E-state index contributed by atoms with van der Waals surface area (Å²) in [7, 11) is 0. The van der Waals surface area contributed by atoms with Gasteiger partial charge < -0.3 is 9.84 Å². The molecule has 3 rings (SSSR count). The summed E-state index contributed by atoms with van der Waals surface area (Å²) in [5.74, 6) is -1.25. The molecule has 4 nitrogen and oxygen atoms in total. The lowest BCUT2D eigenvalue weighted by Crippen LogP contribution is -2.24. The van der Waals surface area contributed by atoms with Crippen LogP contribution >= 0.6 is 11.8 Å². The van der Waals surface area contributed by atoms with Crippen molar-refractivity contribution in [2.24, 2.45) is 10.9 Å². The van der Waals surface area contributed by atoms with Crippen LogP contribution in [0.2, 0.25) is 0 Å². The summed E-state index contributed by atoms with van der Waals surface area (Å²) in [6.07, 6.45) is 5.70. The first-order valence-corrected chi connectivity index (χ1v) is 9.09. The summed E-state index contributed by atoms with van der Waals surface area (Å²) < 4.78 is 18.6. The maximum absolute atomic E-state index is 13.4. The topological polar surface area (TPSA) is 58.9 Å². The fourth-order valence-electron chi connectivity index (χ4n) is 3.25. The number of aliphatic imine (C=N–C) groups is 1. The van der Waals surface area contributed by atoms with Crippen molar-refractivity contribution in [2.75, 3.05) is 6.61 Å². The number of nitrogens with zero attached hydrogens (tertiary/aromatic N) is 1. The van der Waals surface area contributed by atoms with Gasteiger partial charge >= 0.3 is 5.97 Å². The van der Waals surface area contributed by atoms with Crippen LogP contribution in [0.25, 0.3) is 0 Å². The van der Waals surface area contributed by atoms with Crippen molar-refractivity contribution in [2.45, 2.75) is 37.9 Å². The van der Waals surface area contributed by atoms with Gasteiger partial charge in [-0.2, -0.15) is 0 Å². The number of benzene rings is 1. The van der Waals surface area contributed by atoms with E-state index in [0.717, 1.165) is 25.7 Å². The number of hydrogen-bond acceptors (Lipinski definition) is 5. The van der Waals surface area contributed by atoms with E-state index < -0.39 is 11.6 Å². The normalized spacial score (nSPS) is 23.6. The molecule has 0 spiro atoms. The minimum absolute atomic E-state index is 0.177. The van der Waals surface area contributed by atoms with Crippen LogP contribution in [0.3, 0.4) is 0 Å². The summed E-state index contributed by atoms with van der Waals surface area (Å²) >= 11 is 1.59. The quantitative estimate of drug-likeness (QED) is 0.658. The van der Waals surface area contributed by atoms with E-state index in [0.29, 0.717) is 28.0 Å². The zero-order chi connectivity index (χ0) is 17.1. The van der Waals surface area contributed by atoms with Gasteiger partial charge in [0.2, 0.25) is 0 Å². The molecule has 2 aliphatic rings. The highest BCUT2D eigenvalue weighted by Crippen LogP contribution is 2.49. The number of esters is 1. The molecule has 1 aromatic rings. The number of thioether (sulfide) groups is 1. The van der Waals surface area contributed by atoms with Crippen molar-refractivity contribution in [1.29, 1.82) is 0 Å². The minimum atomic E-state index is -0.689. The fraction of sp³-hybridized carbons (Fsp3) is 0.444. The Bertz CT molecular complexity index is 702. The highest BCUT2D eigenvalue weighted by molar-refractivity contribution is 8.04. The second-order valence-electron chi connectivity index (χ2n) is 5.92. The summed E-state index contributed by atoms with van der Waals surface area (Å²) in [4.78, 5) is 16.8. The zero-order valence-corrected chi connectivity index (χ0v) is 14.3. The van der Waals surface area contributed by atoms with E-state index in [1.165, 1.54) is 18.3 Å². The molecule has 1 fully saturated rings. The Balaban J connectivity index is 1.92. The maximum Gasteiger partial charge on any atom is 0.337 e. The van der Waals surface area contributed by atoms with Crippen molar-refractivity contribution in [3.63, 3.8) is 0 Å². The molecule has 6 heteroatoms. The number of para-hydroxylation sites is 1. The molecule has 0 radical (unpaired) electrons. The van der Waals surface area contributed by atoms with E-state index in [-0.39, 0.29) is 11.9 Å². The van der Waals surface area contributed by atoms with E-state index in [1.54, 1.807) is 24.8 Å². The van der Waals surface area contributed by atoms with Gasteiger partial charge in [-0.1, -0.05) is 18.9 Å². The molecule has 0 saturated heterocycles. The third kappa shape index (κ3) is 3.34. The Morgan fingerprint density at radius 1 is 1.46 bits per heavy atom. The Morgan fingerprint density at radius 3 is 3.04 bits per heavy atom. The van der Waals surface area contributed by atoms with Gasteiger partial charge in [-0.05, 0) is 31.9 Å². The molecular formula is C18H20FNO3S. The molecule has 0 aromatic heterocycles. The van der Waals surface area contributed by atoms with Crippen LogP contribution in [-0.2, 0) is 9.53 Å². The van der Waals surface area contributed by atoms with Crippen LogP contribution in [0.1, 0.15) is 38.2 Å². The third-order valence-electron chi connectivity index (χ3n) is 4.40. The van der Waals surface area contributed by atoms with E-state index in [4.69, 9.17) is 4.74 Å². The summed E-state index contributed by atoms with van der Waals surface area (Å²) in [6, 6.07) is 4.28. The van der Waals surface area contributed by atoms with E-state index >= 15 is 0 Å². The Labute approximate surface area is 144 Å². The number of halogens is 1. The smallest absolute Gasteiger partial charge is 0.337 e. The lowest BCUT2D eigenvalue weighted by atomic mass is 9.84. The highest BCUT2D eigenvalue weighted by atomic mass is 32.2. The van der Waals surface area contributed by atoms with Gasteiger partial charge in [-0.25, -0.2) is 14.2 Å². The molecule has 128 valence electrons. The Kier molecular flexibility index (Phi) is 5.23. The second-order valence-corrected chi connectivity index (χ2v) is 7.15. The average Bonchev–Trinajstić information content (AvgIpc) is 2.95. The van der Waals surface area contributed by atoms with Gasteiger partial charge in [0, 0.05) is 22.9 Å². The van der Waals surface area contributed by atoms with Gasteiger partial charge in [-0.15, -0.1) is 11.8 Å². The van der Waals surface area contributed by atoms with Crippen LogP contribution in [0, 0.1) is 11.7 Å². The molecule has 1 aliphatic carbocycles. The molecule has 1 aliphatic heterocycles. The largest absolute Gasteiger partial charge is 0.504 e. The monoisotopic (exact) mass is 349 g/mol. The summed E-state index contributed by atoms with van der Waals surface area (Å²) in [6.45, 7) is 2.11. The summed E-state index contributed by atoms with van der Waals surface area (Å²) in [5.41, 5.74) is 0.930. The Hall–Kier alpha value is -1.82. The van der Waals surface area contributed by atoms with E-state index in [9.17, 15) is 14.3 Å². The van der Waals surface area contributed by atoms with Gasteiger partial charge in [0.05, 0.1) is 12.2 Å². The third-order valence-corrected chi connectivity index (χ3v) is 5.82. The number of phenolic OH excluding ortho intramolecular Hbond substituents is 1. The molecule has 0 unspecified atom stereocenters. The van der Waals surface area contributed by atoms with Crippen LogP contribution in [0.4, 0.5) is 4.39 Å². The maximum atomic E-state index is 13.4. The first kappa shape index (κ1) is 17.0. The van der Waals surface area contributed by atoms with Crippen LogP contribution in [0.5, 0.6) is 5.75 Å². The number of aromatic hydroxyl groups is 1. The zero-order valence-electron chi connectivity index (χ0n) is 13.5. The number of carbonyl (C=O) groups is 1. The molecular weight excluding hydrogens is 329 g/mol. The molecule has 24 heavy (non-hydrogen) atoms. The number of rotatable bonds is 4. The number of ether oxygens (including phenoxy) is 1. The molecule has 1 N–H and O–H groups in total. The fourth-order valence-corrected chi connectivity index (χ4v) is 4.73. The standard InChI is InChI=1S/C18H20FNO3S/c1-2-23-18(22)15-12-7-3-4-9-14(12)24-17(15)20-10-11-6-5-8-13(19)16(11)21/h5-6,8,10,12,14,21H,2-4,7,9H2,1H3/b20-10+/t12-,14+/m0/s1. The average molecular weight is 349 g/mol. The van der Waals surface area contributed by atoms with Gasteiger partial charge in [0.1, 0.15) is 5.03 Å². The second kappa shape index (κ2) is 7.38. The van der Waals surface area contributed by atoms with Crippen molar-refractivity contribution < 1.29 is 19.0 Å². The number of carbonyl (C=O) groups excluding carboxylic acids is 1. The SMILES string of the molecule is CCOC(=O)C1=C(/N=C/c2cccc(F)c2O)S[C@@H]2CCCC[C@H]12. The number of fused-ring (bicyclic) bond motifs is 1. The lowest BCUT2D eigenvalue weighted by Gasteiger charge is -2.25. The Morgan fingerprint density at radius 2 is 2.25 bits per heavy atom. The molecule has 1 saturated carbocycles. The number of hydrogen-bond donors (Lipinski definition) is 1. The summed E-state index contributed by atoms with van der Waals surface area (Å²) in [5, 5.41) is 10.7. The molecule has 0 amide bonds. The molecule has 1 aromatic carbocycles. The minimum Gasteiger partial charge on any atom is -0.504 e. The number of phenols is 1. The van der Waals surface area contributed by atoms with Crippen molar-refractivity contribution in [3.05, 3.63) is 40.2 Å². The highest BCUT2D eigenvalue weighted by Gasteiger charge is 2.41. The molecule has 0 bridgehead atoms. The van der Waals surface area contributed by atoms with Gasteiger partial charge in [0.25, 0.3) is 0 Å². The van der Waals surface area contributed by atoms with E-state index in [1.807, 2.05) is 0 Å². The van der Waals surface area contributed by atoms with Crippen molar-refractivity contribution >= 4 is 23.9 Å². The first-order valence-electron chi connectivity index (χ1n) is 8.21. The van der Waals surface area contributed by atoms with Crippen molar-refractivity contribution in [1.82, 2.24) is 0 Å². The first-order chi connectivity index (χ1) is 11.6. The predicted octanol–water partition coefficient (Wildman–Crippen LogP) is 4.03. The molecule has 2 atom stereocenters.